The van der Waals surface area contributed by atoms with Crippen molar-refractivity contribution in [3.8, 4) is 0 Å². The van der Waals surface area contributed by atoms with E-state index < -0.39 is 5.60 Å². The second kappa shape index (κ2) is 5.99. The molecule has 0 radical (unpaired) electrons. The predicted molar refractivity (Wildman–Crippen MR) is 68.3 cm³/mol. The van der Waals surface area contributed by atoms with Crippen molar-refractivity contribution < 1.29 is 14.6 Å². The van der Waals surface area contributed by atoms with Crippen molar-refractivity contribution in [2.24, 2.45) is 0 Å². The third-order valence-electron chi connectivity index (χ3n) is 4.06. The van der Waals surface area contributed by atoms with Gasteiger partial charge in [0.1, 0.15) is 0 Å². The van der Waals surface area contributed by atoms with Crippen LogP contribution in [-0.4, -0.2) is 60.9 Å². The summed E-state index contributed by atoms with van der Waals surface area (Å²) in [5, 5.41) is 13.8. The minimum Gasteiger partial charge on any atom is -0.383 e. The molecule has 1 heterocycles. The Morgan fingerprint density at radius 2 is 2.28 bits per heavy atom. The van der Waals surface area contributed by atoms with Gasteiger partial charge in [0.2, 0.25) is 0 Å². The first-order valence-electron chi connectivity index (χ1n) is 6.90. The van der Waals surface area contributed by atoms with E-state index in [1.54, 1.807) is 12.0 Å². The molecule has 2 aliphatic rings. The smallest absolute Gasteiger partial charge is 0.255 e. The summed E-state index contributed by atoms with van der Waals surface area (Å²) in [6.07, 6.45) is 5.01. The number of methoxy groups -OCH3 is 1. The van der Waals surface area contributed by atoms with Crippen molar-refractivity contribution in [2.75, 3.05) is 33.4 Å². The zero-order valence-electron chi connectivity index (χ0n) is 11.2. The van der Waals surface area contributed by atoms with Crippen LogP contribution in [0.1, 0.15) is 32.1 Å². The Balaban J connectivity index is 1.86. The van der Waals surface area contributed by atoms with Crippen molar-refractivity contribution in [1.82, 2.24) is 10.2 Å². The van der Waals surface area contributed by atoms with Gasteiger partial charge in [0, 0.05) is 32.8 Å². The summed E-state index contributed by atoms with van der Waals surface area (Å²) >= 11 is 0. The van der Waals surface area contributed by atoms with E-state index in [-0.39, 0.29) is 5.91 Å². The molecule has 0 spiro atoms. The Kier molecular flexibility index (Phi) is 4.59. The van der Waals surface area contributed by atoms with Gasteiger partial charge in [0.05, 0.1) is 6.61 Å². The molecular weight excluding hydrogens is 232 g/mol. The second-order valence-electron chi connectivity index (χ2n) is 5.43. The van der Waals surface area contributed by atoms with Crippen LogP contribution in [0.3, 0.4) is 0 Å². The normalized spacial score (nSPS) is 29.4. The fraction of sp³-hybridized carbons (Fsp3) is 0.923. The van der Waals surface area contributed by atoms with Crippen LogP contribution < -0.4 is 5.32 Å². The van der Waals surface area contributed by atoms with Crippen molar-refractivity contribution in [3.05, 3.63) is 0 Å². The molecule has 2 rings (SSSR count). The third kappa shape index (κ3) is 3.02. The molecule has 0 aromatic heterocycles. The van der Waals surface area contributed by atoms with Gasteiger partial charge in [-0.05, 0) is 25.7 Å². The number of carbonyl (C=O) groups excluding carboxylic acids is 1. The van der Waals surface area contributed by atoms with Gasteiger partial charge in [-0.15, -0.1) is 0 Å². The average molecular weight is 256 g/mol. The van der Waals surface area contributed by atoms with E-state index in [1.807, 2.05) is 0 Å². The first-order chi connectivity index (χ1) is 8.65. The number of aliphatic hydroxyl groups is 1. The fourth-order valence-corrected chi connectivity index (χ4v) is 2.57. The number of nitrogens with zero attached hydrogens (tertiary/aromatic N) is 1. The highest BCUT2D eigenvalue weighted by atomic mass is 16.5. The highest BCUT2D eigenvalue weighted by molar-refractivity contribution is 5.86. The van der Waals surface area contributed by atoms with Gasteiger partial charge in [-0.25, -0.2) is 0 Å². The van der Waals surface area contributed by atoms with Gasteiger partial charge in [0.15, 0.2) is 5.60 Å². The van der Waals surface area contributed by atoms with Crippen LogP contribution in [0.15, 0.2) is 0 Å². The lowest BCUT2D eigenvalue weighted by molar-refractivity contribution is -0.157. The summed E-state index contributed by atoms with van der Waals surface area (Å²) in [5.74, 6) is -0.141. The summed E-state index contributed by atoms with van der Waals surface area (Å²) in [4.78, 5) is 14.0. The molecule has 5 heteroatoms. The van der Waals surface area contributed by atoms with Gasteiger partial charge in [-0.2, -0.15) is 0 Å². The minimum atomic E-state index is -1.21. The summed E-state index contributed by atoms with van der Waals surface area (Å²) in [6, 6.07) is 0.496. The Labute approximate surface area is 108 Å². The number of hydrogen-bond acceptors (Lipinski definition) is 4. The second-order valence-corrected chi connectivity index (χ2v) is 5.43. The minimum absolute atomic E-state index is 0.141. The van der Waals surface area contributed by atoms with Crippen molar-refractivity contribution in [2.45, 2.75) is 43.7 Å². The van der Waals surface area contributed by atoms with Crippen LogP contribution in [0.5, 0.6) is 0 Å². The van der Waals surface area contributed by atoms with E-state index in [4.69, 9.17) is 4.74 Å². The van der Waals surface area contributed by atoms with Crippen molar-refractivity contribution in [1.29, 1.82) is 0 Å². The lowest BCUT2D eigenvalue weighted by Crippen LogP contribution is -2.59. The van der Waals surface area contributed by atoms with E-state index >= 15 is 0 Å². The number of amides is 1. The lowest BCUT2D eigenvalue weighted by atomic mass is 9.88. The van der Waals surface area contributed by atoms with Crippen LogP contribution in [0, 0.1) is 0 Å². The summed E-state index contributed by atoms with van der Waals surface area (Å²) in [6.45, 7) is 2.22. The number of likely N-dealkylation sites (tertiary alicyclic amines) is 1. The number of rotatable bonds is 6. The quantitative estimate of drug-likeness (QED) is 0.709. The molecule has 1 amide bonds. The van der Waals surface area contributed by atoms with Crippen LogP contribution in [0.2, 0.25) is 0 Å². The van der Waals surface area contributed by atoms with Gasteiger partial charge >= 0.3 is 0 Å². The maximum atomic E-state index is 12.3. The molecule has 1 atom stereocenters. The van der Waals surface area contributed by atoms with Crippen molar-refractivity contribution >= 4 is 5.91 Å². The Hall–Kier alpha value is -0.650. The number of ether oxygens (including phenoxy) is 1. The van der Waals surface area contributed by atoms with E-state index in [2.05, 4.69) is 5.32 Å². The molecule has 1 aliphatic carbocycles. The molecule has 1 unspecified atom stereocenters. The van der Waals surface area contributed by atoms with Crippen LogP contribution in [0.25, 0.3) is 0 Å². The molecule has 104 valence electrons. The molecule has 2 N–H and O–H groups in total. The maximum absolute atomic E-state index is 12.3. The Morgan fingerprint density at radius 3 is 2.89 bits per heavy atom. The summed E-state index contributed by atoms with van der Waals surface area (Å²) in [7, 11) is 1.62. The fourth-order valence-electron chi connectivity index (χ4n) is 2.57. The maximum Gasteiger partial charge on any atom is 0.255 e. The monoisotopic (exact) mass is 256 g/mol. The standard InChI is InChI=1S/C13H24N2O3/c1-18-9-8-15-7-3-6-13(17,12(15)16)10-14-11-4-2-5-11/h11,14,17H,2-10H2,1H3. The van der Waals surface area contributed by atoms with Gasteiger partial charge in [-0.3, -0.25) is 4.79 Å². The van der Waals surface area contributed by atoms with Crippen LogP contribution in [0.4, 0.5) is 0 Å². The van der Waals surface area contributed by atoms with Gasteiger partial charge in [0.25, 0.3) is 5.91 Å². The molecule has 1 aliphatic heterocycles. The molecule has 18 heavy (non-hydrogen) atoms. The highest BCUT2D eigenvalue weighted by Gasteiger charge is 2.42. The van der Waals surface area contributed by atoms with E-state index in [9.17, 15) is 9.90 Å². The average Bonchev–Trinajstić information content (AvgIpc) is 2.29. The van der Waals surface area contributed by atoms with Crippen molar-refractivity contribution in [3.63, 3.8) is 0 Å². The van der Waals surface area contributed by atoms with Crippen LogP contribution in [-0.2, 0) is 9.53 Å². The zero-order valence-corrected chi connectivity index (χ0v) is 11.2. The Bertz CT molecular complexity index is 294. The number of carbonyl (C=O) groups is 1. The molecule has 0 aromatic carbocycles. The molecule has 2 fully saturated rings. The van der Waals surface area contributed by atoms with Gasteiger partial charge in [-0.1, -0.05) is 6.42 Å². The number of piperidine rings is 1. The SMILES string of the molecule is COCCN1CCCC(O)(CNC2CCC2)C1=O. The number of hydrogen-bond donors (Lipinski definition) is 2. The van der Waals surface area contributed by atoms with E-state index in [0.29, 0.717) is 32.2 Å². The first-order valence-corrected chi connectivity index (χ1v) is 6.90. The first kappa shape index (κ1) is 13.8. The largest absolute Gasteiger partial charge is 0.383 e. The molecule has 1 saturated heterocycles. The highest BCUT2D eigenvalue weighted by Crippen LogP contribution is 2.24. The van der Waals surface area contributed by atoms with E-state index in [0.717, 1.165) is 25.8 Å². The summed E-state index contributed by atoms with van der Waals surface area (Å²) < 4.78 is 4.99. The topological polar surface area (TPSA) is 61.8 Å². The third-order valence-corrected chi connectivity index (χ3v) is 4.06. The Morgan fingerprint density at radius 1 is 1.50 bits per heavy atom. The molecule has 0 aromatic rings. The van der Waals surface area contributed by atoms with Crippen LogP contribution >= 0.6 is 0 Å². The molecular formula is C13H24N2O3. The molecule has 0 bridgehead atoms. The predicted octanol–water partition coefficient (Wildman–Crippen LogP) is 0.128. The number of nitrogens with one attached hydrogen (secondary N) is 1. The lowest BCUT2D eigenvalue weighted by Gasteiger charge is -2.40. The molecule has 1 saturated carbocycles. The van der Waals surface area contributed by atoms with Gasteiger partial charge < -0.3 is 20.1 Å². The van der Waals surface area contributed by atoms with E-state index in [1.165, 1.54) is 6.42 Å². The summed E-state index contributed by atoms with van der Waals surface area (Å²) in [5.41, 5.74) is -1.21. The molecule has 5 nitrogen and oxygen atoms in total. The zero-order chi connectivity index (χ0) is 13.0.